The standard InChI is InChI=1S/C13H19BrN2/c1-8(2)11-7-16(4)12-6-10(14)5-9(3)13(12)15-11/h5-6,8,11,15H,7H2,1-4H3. The lowest BCUT2D eigenvalue weighted by Gasteiger charge is -2.37. The van der Waals surface area contributed by atoms with Crippen molar-refractivity contribution >= 4 is 27.3 Å². The maximum Gasteiger partial charge on any atom is 0.0614 e. The lowest BCUT2D eigenvalue weighted by molar-refractivity contribution is 0.514. The highest BCUT2D eigenvalue weighted by Gasteiger charge is 2.24. The second kappa shape index (κ2) is 4.28. The number of anilines is 2. The minimum absolute atomic E-state index is 0.539. The van der Waals surface area contributed by atoms with Crippen molar-refractivity contribution in [2.24, 2.45) is 5.92 Å². The Morgan fingerprint density at radius 2 is 2.12 bits per heavy atom. The number of benzene rings is 1. The Morgan fingerprint density at radius 3 is 2.75 bits per heavy atom. The van der Waals surface area contributed by atoms with Crippen molar-refractivity contribution in [2.75, 3.05) is 23.8 Å². The molecule has 0 saturated carbocycles. The molecule has 1 atom stereocenters. The van der Waals surface area contributed by atoms with E-state index in [1.807, 2.05) is 0 Å². The van der Waals surface area contributed by atoms with E-state index in [2.05, 4.69) is 66.1 Å². The number of halogens is 1. The minimum Gasteiger partial charge on any atom is -0.378 e. The van der Waals surface area contributed by atoms with Crippen molar-refractivity contribution in [1.82, 2.24) is 0 Å². The van der Waals surface area contributed by atoms with Crippen molar-refractivity contribution in [2.45, 2.75) is 26.8 Å². The van der Waals surface area contributed by atoms with Gasteiger partial charge in [0.2, 0.25) is 0 Å². The largest absolute Gasteiger partial charge is 0.378 e. The van der Waals surface area contributed by atoms with E-state index in [-0.39, 0.29) is 0 Å². The van der Waals surface area contributed by atoms with Gasteiger partial charge in [-0.1, -0.05) is 29.8 Å². The summed E-state index contributed by atoms with van der Waals surface area (Å²) < 4.78 is 1.15. The summed E-state index contributed by atoms with van der Waals surface area (Å²) in [6, 6.07) is 4.89. The summed E-state index contributed by atoms with van der Waals surface area (Å²) in [6.07, 6.45) is 0. The predicted molar refractivity (Wildman–Crippen MR) is 74.4 cm³/mol. The van der Waals surface area contributed by atoms with Crippen LogP contribution in [0.4, 0.5) is 11.4 Å². The van der Waals surface area contributed by atoms with Gasteiger partial charge < -0.3 is 10.2 Å². The van der Waals surface area contributed by atoms with E-state index < -0.39 is 0 Å². The Morgan fingerprint density at radius 1 is 1.44 bits per heavy atom. The van der Waals surface area contributed by atoms with Crippen LogP contribution in [0, 0.1) is 12.8 Å². The molecule has 0 radical (unpaired) electrons. The molecule has 16 heavy (non-hydrogen) atoms. The van der Waals surface area contributed by atoms with Gasteiger partial charge >= 0.3 is 0 Å². The Labute approximate surface area is 106 Å². The first kappa shape index (κ1) is 11.8. The van der Waals surface area contributed by atoms with Crippen molar-refractivity contribution in [3.05, 3.63) is 22.2 Å². The number of hydrogen-bond acceptors (Lipinski definition) is 2. The fourth-order valence-electron chi connectivity index (χ4n) is 2.22. The minimum atomic E-state index is 0.539. The van der Waals surface area contributed by atoms with E-state index in [9.17, 15) is 0 Å². The van der Waals surface area contributed by atoms with E-state index in [1.54, 1.807) is 0 Å². The number of fused-ring (bicyclic) bond motifs is 1. The highest BCUT2D eigenvalue weighted by atomic mass is 79.9. The average Bonchev–Trinajstić information content (AvgIpc) is 2.19. The Balaban J connectivity index is 2.42. The summed E-state index contributed by atoms with van der Waals surface area (Å²) in [6.45, 7) is 7.77. The van der Waals surface area contributed by atoms with Crippen LogP contribution >= 0.6 is 15.9 Å². The first-order valence-corrected chi connectivity index (χ1v) is 6.56. The molecule has 3 heteroatoms. The molecule has 1 aromatic rings. The maximum atomic E-state index is 3.66. The van der Waals surface area contributed by atoms with Crippen LogP contribution in [0.1, 0.15) is 19.4 Å². The third-order valence-electron chi connectivity index (χ3n) is 3.30. The van der Waals surface area contributed by atoms with Crippen molar-refractivity contribution in [3.63, 3.8) is 0 Å². The second-order valence-corrected chi connectivity index (χ2v) is 5.91. The van der Waals surface area contributed by atoms with E-state index >= 15 is 0 Å². The molecule has 0 aliphatic carbocycles. The Kier molecular flexibility index (Phi) is 3.15. The van der Waals surface area contributed by atoms with Gasteiger partial charge in [-0.2, -0.15) is 0 Å². The van der Waals surface area contributed by atoms with Crippen LogP contribution in [0.3, 0.4) is 0 Å². The molecule has 0 spiro atoms. The molecule has 0 bridgehead atoms. The molecule has 0 saturated heterocycles. The zero-order valence-corrected chi connectivity index (χ0v) is 11.9. The highest BCUT2D eigenvalue weighted by molar-refractivity contribution is 9.10. The van der Waals surface area contributed by atoms with Gasteiger partial charge in [-0.3, -0.25) is 0 Å². The third kappa shape index (κ3) is 2.05. The van der Waals surface area contributed by atoms with Gasteiger partial charge in [-0.25, -0.2) is 0 Å². The summed E-state index contributed by atoms with van der Waals surface area (Å²) in [5.41, 5.74) is 3.89. The van der Waals surface area contributed by atoms with Crippen molar-refractivity contribution in [3.8, 4) is 0 Å². The van der Waals surface area contributed by atoms with Gasteiger partial charge in [0.15, 0.2) is 0 Å². The lowest BCUT2D eigenvalue weighted by atomic mass is 9.99. The SMILES string of the molecule is Cc1cc(Br)cc2c1NC(C(C)C)CN2C. The van der Waals surface area contributed by atoms with Gasteiger partial charge in [0.1, 0.15) is 0 Å². The van der Waals surface area contributed by atoms with Gasteiger partial charge in [0.25, 0.3) is 0 Å². The molecule has 0 aromatic heterocycles. The molecule has 1 heterocycles. The topological polar surface area (TPSA) is 15.3 Å². The molecule has 1 N–H and O–H groups in total. The molecule has 0 amide bonds. The first-order chi connectivity index (χ1) is 7.49. The van der Waals surface area contributed by atoms with Gasteiger partial charge in [0.05, 0.1) is 11.4 Å². The van der Waals surface area contributed by atoms with E-state index in [1.165, 1.54) is 16.9 Å². The monoisotopic (exact) mass is 282 g/mol. The number of nitrogens with zero attached hydrogens (tertiary/aromatic N) is 1. The molecule has 1 aliphatic rings. The first-order valence-electron chi connectivity index (χ1n) is 5.77. The molecular weight excluding hydrogens is 264 g/mol. The maximum absolute atomic E-state index is 3.66. The zero-order valence-electron chi connectivity index (χ0n) is 10.3. The summed E-state index contributed by atoms with van der Waals surface area (Å²) >= 11 is 3.56. The van der Waals surface area contributed by atoms with E-state index in [4.69, 9.17) is 0 Å². The van der Waals surface area contributed by atoms with Crippen LogP contribution in [0.2, 0.25) is 0 Å². The summed E-state index contributed by atoms with van der Waals surface area (Å²) in [4.78, 5) is 2.34. The quantitative estimate of drug-likeness (QED) is 0.846. The second-order valence-electron chi connectivity index (χ2n) is 4.99. The van der Waals surface area contributed by atoms with Crippen LogP contribution in [-0.2, 0) is 0 Å². The molecule has 0 fully saturated rings. The predicted octanol–water partition coefficient (Wildman–Crippen LogP) is 3.64. The zero-order chi connectivity index (χ0) is 11.9. The summed E-state index contributed by atoms with van der Waals surface area (Å²) in [5, 5.41) is 3.66. The van der Waals surface area contributed by atoms with Crippen molar-refractivity contribution in [1.29, 1.82) is 0 Å². The Bertz CT molecular complexity index is 401. The number of nitrogens with one attached hydrogen (secondary N) is 1. The van der Waals surface area contributed by atoms with Crippen molar-refractivity contribution < 1.29 is 0 Å². The normalized spacial score (nSPS) is 19.6. The average molecular weight is 283 g/mol. The lowest BCUT2D eigenvalue weighted by Crippen LogP contribution is -2.42. The number of likely N-dealkylation sites (N-methyl/N-ethyl adjacent to an activating group) is 1. The molecule has 1 unspecified atom stereocenters. The molecule has 2 rings (SSSR count). The number of hydrogen-bond donors (Lipinski definition) is 1. The fraction of sp³-hybridized carbons (Fsp3) is 0.538. The smallest absolute Gasteiger partial charge is 0.0614 e. The highest BCUT2D eigenvalue weighted by Crippen LogP contribution is 2.36. The summed E-state index contributed by atoms with van der Waals surface area (Å²) in [5.74, 6) is 0.652. The van der Waals surface area contributed by atoms with E-state index in [0.717, 1.165) is 11.0 Å². The third-order valence-corrected chi connectivity index (χ3v) is 3.75. The molecule has 88 valence electrons. The van der Waals surface area contributed by atoms with Crippen LogP contribution in [0.15, 0.2) is 16.6 Å². The Hall–Kier alpha value is -0.700. The fourth-order valence-corrected chi connectivity index (χ4v) is 2.78. The van der Waals surface area contributed by atoms with Gasteiger partial charge in [-0.05, 0) is 30.5 Å². The number of aryl methyl sites for hydroxylation is 1. The van der Waals surface area contributed by atoms with E-state index in [0.29, 0.717) is 12.0 Å². The van der Waals surface area contributed by atoms with Crippen LogP contribution in [-0.4, -0.2) is 19.6 Å². The van der Waals surface area contributed by atoms with Crippen LogP contribution < -0.4 is 10.2 Å². The molecule has 2 nitrogen and oxygen atoms in total. The summed E-state index contributed by atoms with van der Waals surface area (Å²) in [7, 11) is 2.17. The van der Waals surface area contributed by atoms with Crippen LogP contribution in [0.5, 0.6) is 0 Å². The van der Waals surface area contributed by atoms with Gasteiger partial charge in [0, 0.05) is 24.1 Å². The molecular formula is C13H19BrN2. The number of rotatable bonds is 1. The van der Waals surface area contributed by atoms with Gasteiger partial charge in [-0.15, -0.1) is 0 Å². The molecule has 1 aliphatic heterocycles. The van der Waals surface area contributed by atoms with Crippen LogP contribution in [0.25, 0.3) is 0 Å². The molecule has 1 aromatic carbocycles.